The number of rotatable bonds is 4. The predicted molar refractivity (Wildman–Crippen MR) is 163 cm³/mol. The molecule has 2 aliphatic rings. The van der Waals surface area contributed by atoms with Gasteiger partial charge < -0.3 is 14.2 Å². The lowest BCUT2D eigenvalue weighted by Crippen LogP contribution is -2.35. The van der Waals surface area contributed by atoms with Crippen molar-refractivity contribution in [2.24, 2.45) is 0 Å². The second-order valence-corrected chi connectivity index (χ2v) is 11.2. The lowest BCUT2D eigenvalue weighted by Gasteiger charge is -2.38. The minimum atomic E-state index is -0.853. The lowest BCUT2D eigenvalue weighted by molar-refractivity contribution is 0.163. The molecule has 1 heterocycles. The second kappa shape index (κ2) is 9.01. The van der Waals surface area contributed by atoms with Crippen molar-refractivity contribution >= 4 is 16.8 Å². The molecule has 1 aliphatic heterocycles. The van der Waals surface area contributed by atoms with E-state index in [-0.39, 0.29) is 5.41 Å². The van der Waals surface area contributed by atoms with Crippen molar-refractivity contribution in [3.05, 3.63) is 130 Å². The number of methoxy groups -OCH3 is 2. The topological polar surface area (TPSA) is 51.5 Å². The van der Waals surface area contributed by atoms with E-state index in [2.05, 4.69) is 74.5 Å². The third-order valence-electron chi connectivity index (χ3n) is 8.69. The molecule has 7 rings (SSSR count). The van der Waals surface area contributed by atoms with Crippen LogP contribution in [0.1, 0.15) is 47.2 Å². The van der Waals surface area contributed by atoms with Crippen LogP contribution in [0, 0.1) is 11.3 Å². The number of nitriles is 1. The standard InChI is InChI=1S/C37H29NO3/c1-36(2)32-20-23(22-38)10-16-29(32)33-28-17-15-27(40-4)21-31(28)35-30(34(33)36)18-19-37(41-35,24-8-6-5-7-9-24)25-11-13-26(39-3)14-12-25/h5-21H,1-4H3. The fraction of sp³-hybridized carbons (Fsp3) is 0.162. The summed E-state index contributed by atoms with van der Waals surface area (Å²) in [4.78, 5) is 0. The van der Waals surface area contributed by atoms with Gasteiger partial charge in [0.2, 0.25) is 0 Å². The average Bonchev–Trinajstić information content (AvgIpc) is 3.27. The maximum atomic E-state index is 9.68. The first-order valence-corrected chi connectivity index (χ1v) is 13.7. The molecule has 5 aromatic rings. The summed E-state index contributed by atoms with van der Waals surface area (Å²) in [7, 11) is 3.36. The first kappa shape index (κ1) is 25.0. The van der Waals surface area contributed by atoms with Crippen molar-refractivity contribution in [3.63, 3.8) is 0 Å². The third kappa shape index (κ3) is 3.52. The highest BCUT2D eigenvalue weighted by atomic mass is 16.5. The Labute approximate surface area is 240 Å². The van der Waals surface area contributed by atoms with E-state index in [0.717, 1.165) is 55.8 Å². The molecule has 0 saturated heterocycles. The number of hydrogen-bond donors (Lipinski definition) is 0. The summed E-state index contributed by atoms with van der Waals surface area (Å²) in [5.74, 6) is 2.38. The van der Waals surface area contributed by atoms with Gasteiger partial charge in [0.15, 0.2) is 5.60 Å². The average molecular weight is 536 g/mol. The molecule has 0 aromatic heterocycles. The van der Waals surface area contributed by atoms with Gasteiger partial charge in [0, 0.05) is 27.5 Å². The van der Waals surface area contributed by atoms with Crippen molar-refractivity contribution in [1.82, 2.24) is 0 Å². The molecule has 0 saturated carbocycles. The molecular formula is C37H29NO3. The monoisotopic (exact) mass is 535 g/mol. The maximum Gasteiger partial charge on any atom is 0.178 e. The Hall–Kier alpha value is -5.01. The molecule has 0 spiro atoms. The van der Waals surface area contributed by atoms with Crippen LogP contribution in [0.4, 0.5) is 0 Å². The summed E-state index contributed by atoms with van der Waals surface area (Å²) in [5.41, 5.74) is 7.28. The van der Waals surface area contributed by atoms with Gasteiger partial charge in [0.05, 0.1) is 25.9 Å². The smallest absolute Gasteiger partial charge is 0.178 e. The van der Waals surface area contributed by atoms with Gasteiger partial charge in [-0.2, -0.15) is 5.26 Å². The number of fused-ring (bicyclic) bond motifs is 8. The summed E-state index contributed by atoms with van der Waals surface area (Å²) in [5, 5.41) is 11.8. The molecule has 0 radical (unpaired) electrons. The molecule has 0 amide bonds. The van der Waals surface area contributed by atoms with Crippen LogP contribution in [-0.2, 0) is 11.0 Å². The summed E-state index contributed by atoms with van der Waals surface area (Å²) in [6, 6.07) is 33.0. The Morgan fingerprint density at radius 3 is 2.17 bits per heavy atom. The fourth-order valence-electron chi connectivity index (χ4n) is 6.66. The van der Waals surface area contributed by atoms with Crippen LogP contribution in [-0.4, -0.2) is 14.2 Å². The summed E-state index contributed by atoms with van der Waals surface area (Å²) >= 11 is 0. The number of nitrogens with zero attached hydrogens (tertiary/aromatic N) is 1. The van der Waals surface area contributed by atoms with Crippen LogP contribution >= 0.6 is 0 Å². The Morgan fingerprint density at radius 2 is 1.46 bits per heavy atom. The fourth-order valence-corrected chi connectivity index (χ4v) is 6.66. The SMILES string of the molecule is COc1ccc(C2(c3ccccc3)C=Cc3c4c(c5ccc(OC)cc5c3O2)-c2ccc(C#N)cc2C4(C)C)cc1. The van der Waals surface area contributed by atoms with Gasteiger partial charge in [-0.25, -0.2) is 0 Å². The van der Waals surface area contributed by atoms with E-state index in [9.17, 15) is 5.26 Å². The van der Waals surface area contributed by atoms with E-state index in [1.165, 1.54) is 11.1 Å². The van der Waals surface area contributed by atoms with Gasteiger partial charge in [-0.05, 0) is 76.2 Å². The molecule has 0 N–H and O–H groups in total. The van der Waals surface area contributed by atoms with Crippen molar-refractivity contribution in [1.29, 1.82) is 5.26 Å². The molecular weight excluding hydrogens is 506 g/mol. The highest BCUT2D eigenvalue weighted by Crippen LogP contribution is 2.58. The van der Waals surface area contributed by atoms with Gasteiger partial charge in [-0.3, -0.25) is 0 Å². The lowest BCUT2D eigenvalue weighted by atomic mass is 9.76. The summed E-state index contributed by atoms with van der Waals surface area (Å²) in [6.07, 6.45) is 4.41. The highest BCUT2D eigenvalue weighted by Gasteiger charge is 2.44. The zero-order chi connectivity index (χ0) is 28.4. The Morgan fingerprint density at radius 1 is 0.756 bits per heavy atom. The normalized spacial score (nSPS) is 17.6. The van der Waals surface area contributed by atoms with Gasteiger partial charge in [0.1, 0.15) is 17.2 Å². The Bertz CT molecular complexity index is 1910. The van der Waals surface area contributed by atoms with Gasteiger partial charge in [-0.15, -0.1) is 0 Å². The van der Waals surface area contributed by atoms with Crippen LogP contribution in [0.25, 0.3) is 28.0 Å². The molecule has 5 aromatic carbocycles. The van der Waals surface area contributed by atoms with Crippen molar-refractivity contribution in [2.45, 2.75) is 24.9 Å². The largest absolute Gasteiger partial charge is 0.497 e. The van der Waals surface area contributed by atoms with E-state index in [0.29, 0.717) is 5.56 Å². The molecule has 4 nitrogen and oxygen atoms in total. The van der Waals surface area contributed by atoms with Crippen LogP contribution in [0.2, 0.25) is 0 Å². The minimum absolute atomic E-state index is 0.337. The Balaban J connectivity index is 1.56. The van der Waals surface area contributed by atoms with Crippen LogP contribution in [0.15, 0.2) is 97.1 Å². The van der Waals surface area contributed by atoms with Crippen LogP contribution < -0.4 is 14.2 Å². The van der Waals surface area contributed by atoms with Gasteiger partial charge in [0.25, 0.3) is 0 Å². The van der Waals surface area contributed by atoms with Gasteiger partial charge in [-0.1, -0.05) is 68.5 Å². The minimum Gasteiger partial charge on any atom is -0.497 e. The van der Waals surface area contributed by atoms with Crippen molar-refractivity contribution < 1.29 is 14.2 Å². The molecule has 1 unspecified atom stereocenters. The first-order chi connectivity index (χ1) is 19.9. The van der Waals surface area contributed by atoms with E-state index >= 15 is 0 Å². The quantitative estimate of drug-likeness (QED) is 0.232. The van der Waals surface area contributed by atoms with E-state index in [1.54, 1.807) is 14.2 Å². The van der Waals surface area contributed by atoms with E-state index in [4.69, 9.17) is 14.2 Å². The molecule has 4 heteroatoms. The Kier molecular flexibility index (Phi) is 5.49. The third-order valence-corrected chi connectivity index (χ3v) is 8.69. The number of hydrogen-bond acceptors (Lipinski definition) is 4. The number of benzene rings is 5. The van der Waals surface area contributed by atoms with Crippen LogP contribution in [0.5, 0.6) is 17.2 Å². The predicted octanol–water partition coefficient (Wildman–Crippen LogP) is 8.38. The molecule has 1 atom stereocenters. The zero-order valence-corrected chi connectivity index (χ0v) is 23.5. The molecule has 200 valence electrons. The zero-order valence-electron chi connectivity index (χ0n) is 23.5. The molecule has 41 heavy (non-hydrogen) atoms. The first-order valence-electron chi connectivity index (χ1n) is 13.7. The summed E-state index contributed by atoms with van der Waals surface area (Å²) < 4.78 is 18.5. The second-order valence-electron chi connectivity index (χ2n) is 11.2. The molecule has 0 fully saturated rings. The van der Waals surface area contributed by atoms with Crippen molar-refractivity contribution in [2.75, 3.05) is 14.2 Å². The number of ether oxygens (including phenoxy) is 3. The van der Waals surface area contributed by atoms with Crippen molar-refractivity contribution in [3.8, 4) is 34.4 Å². The van der Waals surface area contributed by atoms with E-state index < -0.39 is 5.60 Å². The van der Waals surface area contributed by atoms with E-state index in [1.807, 2.05) is 48.5 Å². The van der Waals surface area contributed by atoms with Gasteiger partial charge >= 0.3 is 0 Å². The highest BCUT2D eigenvalue weighted by molar-refractivity contribution is 6.09. The molecule has 0 bridgehead atoms. The molecule has 1 aliphatic carbocycles. The summed E-state index contributed by atoms with van der Waals surface area (Å²) in [6.45, 7) is 4.48. The van der Waals surface area contributed by atoms with Crippen LogP contribution in [0.3, 0.4) is 0 Å². The maximum absolute atomic E-state index is 9.68.